The van der Waals surface area contributed by atoms with Crippen LogP contribution >= 0.6 is 11.6 Å². The molecule has 0 heterocycles. The zero-order valence-corrected chi connectivity index (χ0v) is 15.1. The first-order chi connectivity index (χ1) is 11.4. The standard InChI is InChI=1S/C17H19ClN2O3S/c1-3-20(4-2)17(21)13-8-7-9-14(12-13)19-24(22,23)16-11-6-5-10-15(16)18/h5-12,19H,3-4H2,1-2H3. The highest BCUT2D eigenvalue weighted by Gasteiger charge is 2.19. The van der Waals surface area contributed by atoms with Gasteiger partial charge in [0.15, 0.2) is 0 Å². The van der Waals surface area contributed by atoms with E-state index in [0.29, 0.717) is 24.3 Å². The molecule has 0 saturated heterocycles. The van der Waals surface area contributed by atoms with E-state index in [0.717, 1.165) is 0 Å². The number of nitrogens with zero attached hydrogens (tertiary/aromatic N) is 1. The number of hydrogen-bond acceptors (Lipinski definition) is 3. The maximum Gasteiger partial charge on any atom is 0.263 e. The molecule has 0 aliphatic carbocycles. The lowest BCUT2D eigenvalue weighted by molar-refractivity contribution is 0.0773. The molecular formula is C17H19ClN2O3S. The van der Waals surface area contributed by atoms with Crippen LogP contribution in [0.1, 0.15) is 24.2 Å². The molecule has 1 amide bonds. The van der Waals surface area contributed by atoms with Gasteiger partial charge < -0.3 is 4.90 Å². The molecule has 0 unspecified atom stereocenters. The lowest BCUT2D eigenvalue weighted by Gasteiger charge is -2.19. The van der Waals surface area contributed by atoms with Crippen LogP contribution in [0.4, 0.5) is 5.69 Å². The molecule has 128 valence electrons. The number of carbonyl (C=O) groups excluding carboxylic acids is 1. The first-order valence-corrected chi connectivity index (χ1v) is 9.41. The predicted molar refractivity (Wildman–Crippen MR) is 96.0 cm³/mol. The summed E-state index contributed by atoms with van der Waals surface area (Å²) in [6.07, 6.45) is 0. The van der Waals surface area contributed by atoms with Crippen molar-refractivity contribution in [3.63, 3.8) is 0 Å². The number of anilines is 1. The summed E-state index contributed by atoms with van der Waals surface area (Å²) in [5.74, 6) is -0.140. The number of halogens is 1. The number of nitrogens with one attached hydrogen (secondary N) is 1. The van der Waals surface area contributed by atoms with E-state index in [9.17, 15) is 13.2 Å². The van der Waals surface area contributed by atoms with Crippen LogP contribution in [0.3, 0.4) is 0 Å². The van der Waals surface area contributed by atoms with E-state index in [1.54, 1.807) is 35.2 Å². The summed E-state index contributed by atoms with van der Waals surface area (Å²) >= 11 is 5.96. The molecule has 0 aliphatic rings. The maximum atomic E-state index is 12.5. The van der Waals surface area contributed by atoms with E-state index < -0.39 is 10.0 Å². The summed E-state index contributed by atoms with van der Waals surface area (Å²) in [5, 5.41) is 0.139. The van der Waals surface area contributed by atoms with E-state index in [2.05, 4.69) is 4.72 Å². The first kappa shape index (κ1) is 18.3. The van der Waals surface area contributed by atoms with Crippen LogP contribution in [-0.2, 0) is 10.0 Å². The smallest absolute Gasteiger partial charge is 0.263 e. The number of hydrogen-bond donors (Lipinski definition) is 1. The molecule has 0 spiro atoms. The van der Waals surface area contributed by atoms with Crippen LogP contribution in [0.25, 0.3) is 0 Å². The van der Waals surface area contributed by atoms with Gasteiger partial charge >= 0.3 is 0 Å². The average molecular weight is 367 g/mol. The van der Waals surface area contributed by atoms with Gasteiger partial charge in [0.2, 0.25) is 0 Å². The highest BCUT2D eigenvalue weighted by molar-refractivity contribution is 7.92. The van der Waals surface area contributed by atoms with Crippen molar-refractivity contribution in [2.75, 3.05) is 17.8 Å². The third kappa shape index (κ3) is 4.07. The van der Waals surface area contributed by atoms with Crippen molar-refractivity contribution < 1.29 is 13.2 Å². The van der Waals surface area contributed by atoms with E-state index in [4.69, 9.17) is 11.6 Å². The normalized spacial score (nSPS) is 11.1. The van der Waals surface area contributed by atoms with Crippen molar-refractivity contribution in [2.24, 2.45) is 0 Å². The minimum absolute atomic E-state index is 0.00728. The van der Waals surface area contributed by atoms with Gasteiger partial charge in [0.05, 0.1) is 5.02 Å². The Labute approximate surface area is 147 Å². The number of rotatable bonds is 6. The third-order valence-corrected chi connectivity index (χ3v) is 5.42. The molecule has 7 heteroatoms. The Morgan fingerprint density at radius 3 is 2.38 bits per heavy atom. The summed E-state index contributed by atoms with van der Waals surface area (Å²) in [7, 11) is -3.82. The lowest BCUT2D eigenvalue weighted by atomic mass is 10.2. The van der Waals surface area contributed by atoms with Crippen LogP contribution in [0, 0.1) is 0 Å². The molecule has 0 saturated carbocycles. The van der Waals surface area contributed by atoms with Crippen molar-refractivity contribution in [3.05, 3.63) is 59.1 Å². The second-order valence-corrected chi connectivity index (χ2v) is 7.15. The van der Waals surface area contributed by atoms with Gasteiger partial charge in [-0.25, -0.2) is 8.42 Å². The molecule has 0 aromatic heterocycles. The van der Waals surface area contributed by atoms with Crippen molar-refractivity contribution in [1.29, 1.82) is 0 Å². The van der Waals surface area contributed by atoms with Crippen molar-refractivity contribution in [1.82, 2.24) is 4.90 Å². The molecule has 2 aromatic carbocycles. The fourth-order valence-corrected chi connectivity index (χ4v) is 3.85. The number of sulfonamides is 1. The fourth-order valence-electron chi connectivity index (χ4n) is 2.28. The summed E-state index contributed by atoms with van der Waals surface area (Å²) in [5.41, 5.74) is 0.742. The number of benzene rings is 2. The molecular weight excluding hydrogens is 348 g/mol. The number of carbonyl (C=O) groups is 1. The van der Waals surface area contributed by atoms with Crippen LogP contribution in [0.15, 0.2) is 53.4 Å². The molecule has 24 heavy (non-hydrogen) atoms. The predicted octanol–water partition coefficient (Wildman–Crippen LogP) is 3.62. The lowest BCUT2D eigenvalue weighted by Crippen LogP contribution is -2.30. The highest BCUT2D eigenvalue weighted by atomic mass is 35.5. The fraction of sp³-hybridized carbons (Fsp3) is 0.235. The summed E-state index contributed by atoms with van der Waals surface area (Å²) in [6.45, 7) is 4.96. The Bertz CT molecular complexity index is 833. The minimum Gasteiger partial charge on any atom is -0.339 e. The third-order valence-electron chi connectivity index (χ3n) is 3.54. The van der Waals surface area contributed by atoms with Gasteiger partial charge in [0.25, 0.3) is 15.9 Å². The van der Waals surface area contributed by atoms with Gasteiger partial charge in [-0.05, 0) is 44.2 Å². The van der Waals surface area contributed by atoms with Gasteiger partial charge in [-0.15, -0.1) is 0 Å². The van der Waals surface area contributed by atoms with Crippen LogP contribution < -0.4 is 4.72 Å². The van der Waals surface area contributed by atoms with Crippen molar-refractivity contribution in [2.45, 2.75) is 18.7 Å². The topological polar surface area (TPSA) is 66.5 Å². The Morgan fingerprint density at radius 2 is 1.75 bits per heavy atom. The molecule has 0 radical (unpaired) electrons. The Balaban J connectivity index is 2.30. The van der Waals surface area contributed by atoms with Gasteiger partial charge in [-0.1, -0.05) is 29.8 Å². The molecule has 0 aliphatic heterocycles. The summed E-state index contributed by atoms with van der Waals surface area (Å²) in [4.78, 5) is 14.0. The van der Waals surface area contributed by atoms with Crippen molar-refractivity contribution >= 4 is 33.2 Å². The van der Waals surface area contributed by atoms with Crippen LogP contribution in [0.5, 0.6) is 0 Å². The number of amides is 1. The molecule has 0 atom stereocenters. The van der Waals surface area contributed by atoms with Gasteiger partial charge in [-0.2, -0.15) is 0 Å². The monoisotopic (exact) mass is 366 g/mol. The van der Waals surface area contributed by atoms with Crippen LogP contribution in [-0.4, -0.2) is 32.3 Å². The Kier molecular flexibility index (Phi) is 5.85. The van der Waals surface area contributed by atoms with E-state index in [-0.39, 0.29) is 15.8 Å². The molecule has 0 fully saturated rings. The second-order valence-electron chi connectivity index (χ2n) is 5.09. The highest BCUT2D eigenvalue weighted by Crippen LogP contribution is 2.23. The van der Waals surface area contributed by atoms with E-state index >= 15 is 0 Å². The van der Waals surface area contributed by atoms with Crippen LogP contribution in [0.2, 0.25) is 5.02 Å². The second kappa shape index (κ2) is 7.68. The Hall–Kier alpha value is -2.05. The zero-order chi connectivity index (χ0) is 17.7. The van der Waals surface area contributed by atoms with E-state index in [1.807, 2.05) is 13.8 Å². The molecule has 0 bridgehead atoms. The maximum absolute atomic E-state index is 12.5. The molecule has 5 nitrogen and oxygen atoms in total. The van der Waals surface area contributed by atoms with Gasteiger partial charge in [0.1, 0.15) is 4.90 Å². The average Bonchev–Trinajstić information content (AvgIpc) is 2.56. The summed E-state index contributed by atoms with van der Waals surface area (Å²) in [6, 6.07) is 12.6. The zero-order valence-electron chi connectivity index (χ0n) is 13.5. The first-order valence-electron chi connectivity index (χ1n) is 7.55. The summed E-state index contributed by atoms with van der Waals surface area (Å²) < 4.78 is 27.4. The molecule has 2 rings (SSSR count). The van der Waals surface area contributed by atoms with Gasteiger partial charge in [-0.3, -0.25) is 9.52 Å². The quantitative estimate of drug-likeness (QED) is 0.849. The molecule has 2 aromatic rings. The SMILES string of the molecule is CCN(CC)C(=O)c1cccc(NS(=O)(=O)c2ccccc2Cl)c1. The minimum atomic E-state index is -3.82. The van der Waals surface area contributed by atoms with E-state index in [1.165, 1.54) is 18.2 Å². The van der Waals surface area contributed by atoms with Crippen molar-refractivity contribution in [3.8, 4) is 0 Å². The largest absolute Gasteiger partial charge is 0.339 e. The van der Waals surface area contributed by atoms with Gasteiger partial charge in [0, 0.05) is 24.3 Å². The molecule has 1 N–H and O–H groups in total. The Morgan fingerprint density at radius 1 is 1.08 bits per heavy atom.